The Hall–Kier alpha value is -3.26. The van der Waals surface area contributed by atoms with E-state index in [0.717, 1.165) is 28.0 Å². The van der Waals surface area contributed by atoms with E-state index in [1.165, 1.54) is 11.1 Å². The van der Waals surface area contributed by atoms with Gasteiger partial charge in [-0.2, -0.15) is 0 Å². The van der Waals surface area contributed by atoms with E-state index in [-0.39, 0.29) is 10.8 Å². The van der Waals surface area contributed by atoms with Crippen molar-refractivity contribution in [2.24, 2.45) is 0 Å². The molecule has 0 amide bonds. The minimum atomic E-state index is 0.0410. The second kappa shape index (κ2) is 9.70. The van der Waals surface area contributed by atoms with Crippen LogP contribution in [-0.4, -0.2) is 12.2 Å². The van der Waals surface area contributed by atoms with Gasteiger partial charge < -0.3 is 9.84 Å². The number of hydrogen-bond acceptors (Lipinski definition) is 2. The summed E-state index contributed by atoms with van der Waals surface area (Å²) in [6, 6.07) is 20.6. The lowest BCUT2D eigenvalue weighted by atomic mass is 9.86. The monoisotopic (exact) mass is 440 g/mol. The highest BCUT2D eigenvalue weighted by Crippen LogP contribution is 2.30. The number of benzene rings is 3. The van der Waals surface area contributed by atoms with E-state index in [1.807, 2.05) is 24.3 Å². The van der Waals surface area contributed by atoms with E-state index in [4.69, 9.17) is 4.74 Å². The number of phenolic OH excluding ortho intramolecular Hbond substituents is 1. The fourth-order valence-electron chi connectivity index (χ4n) is 3.58. The molecule has 0 aliphatic carbocycles. The quantitative estimate of drug-likeness (QED) is 0.404. The number of aromatic hydroxyl groups is 1. The SMILES string of the molecule is COc1ccc(C(C)(C)C)cc1/C=C/c1ccc(/C=C/c2cc(C(C)(C)C)ccc2O)cc1. The zero-order valence-corrected chi connectivity index (χ0v) is 20.9. The van der Waals surface area contributed by atoms with Gasteiger partial charge in [-0.25, -0.2) is 0 Å². The second-order valence-corrected chi connectivity index (χ2v) is 10.6. The summed E-state index contributed by atoms with van der Waals surface area (Å²) in [4.78, 5) is 0. The zero-order valence-electron chi connectivity index (χ0n) is 20.9. The van der Waals surface area contributed by atoms with Crippen molar-refractivity contribution in [3.8, 4) is 11.5 Å². The molecule has 0 unspecified atom stereocenters. The lowest BCUT2D eigenvalue weighted by Gasteiger charge is -2.20. The summed E-state index contributed by atoms with van der Waals surface area (Å²) in [5.41, 5.74) is 6.71. The van der Waals surface area contributed by atoms with Crippen molar-refractivity contribution in [2.75, 3.05) is 7.11 Å². The van der Waals surface area contributed by atoms with Gasteiger partial charge in [-0.1, -0.05) is 102 Å². The molecule has 2 nitrogen and oxygen atoms in total. The molecular weight excluding hydrogens is 404 g/mol. The van der Waals surface area contributed by atoms with Gasteiger partial charge in [0.25, 0.3) is 0 Å². The van der Waals surface area contributed by atoms with Crippen LogP contribution in [-0.2, 0) is 10.8 Å². The topological polar surface area (TPSA) is 29.5 Å². The van der Waals surface area contributed by atoms with Crippen LogP contribution in [0.25, 0.3) is 24.3 Å². The Bertz CT molecular complexity index is 1150. The van der Waals surface area contributed by atoms with Crippen molar-refractivity contribution in [1.82, 2.24) is 0 Å². The minimum Gasteiger partial charge on any atom is -0.507 e. The Morgan fingerprint density at radius 3 is 1.55 bits per heavy atom. The van der Waals surface area contributed by atoms with Crippen molar-refractivity contribution < 1.29 is 9.84 Å². The van der Waals surface area contributed by atoms with Gasteiger partial charge in [-0.05, 0) is 57.3 Å². The van der Waals surface area contributed by atoms with Crippen molar-refractivity contribution in [3.63, 3.8) is 0 Å². The lowest BCUT2D eigenvalue weighted by Crippen LogP contribution is -2.11. The summed E-state index contributed by atoms with van der Waals surface area (Å²) in [6.45, 7) is 13.2. The molecule has 1 N–H and O–H groups in total. The molecule has 0 aliphatic rings. The van der Waals surface area contributed by atoms with Gasteiger partial charge in [0, 0.05) is 11.1 Å². The van der Waals surface area contributed by atoms with Crippen LogP contribution in [0, 0.1) is 0 Å². The van der Waals surface area contributed by atoms with Crippen LogP contribution in [0.2, 0.25) is 0 Å². The van der Waals surface area contributed by atoms with Gasteiger partial charge >= 0.3 is 0 Å². The number of rotatable bonds is 5. The highest BCUT2D eigenvalue weighted by molar-refractivity contribution is 5.76. The first kappa shape index (κ1) is 24.4. The predicted molar refractivity (Wildman–Crippen MR) is 143 cm³/mol. The number of phenols is 1. The Morgan fingerprint density at radius 2 is 1.06 bits per heavy atom. The molecule has 0 heterocycles. The Morgan fingerprint density at radius 1 is 0.606 bits per heavy atom. The first-order valence-corrected chi connectivity index (χ1v) is 11.5. The molecule has 0 bridgehead atoms. The molecule has 172 valence electrons. The molecule has 3 aromatic rings. The average molecular weight is 441 g/mol. The van der Waals surface area contributed by atoms with Crippen LogP contribution in [0.15, 0.2) is 60.7 Å². The van der Waals surface area contributed by atoms with Gasteiger partial charge in [0.15, 0.2) is 0 Å². The normalized spacial score (nSPS) is 12.6. The summed E-state index contributed by atoms with van der Waals surface area (Å²) in [5.74, 6) is 1.17. The van der Waals surface area contributed by atoms with E-state index < -0.39 is 0 Å². The predicted octanol–water partition coefficient (Wildman–Crippen LogP) is 8.34. The third-order valence-electron chi connectivity index (χ3n) is 5.84. The maximum atomic E-state index is 10.2. The molecule has 3 aromatic carbocycles. The van der Waals surface area contributed by atoms with Crippen LogP contribution in [0.1, 0.15) is 74.9 Å². The van der Waals surface area contributed by atoms with Crippen LogP contribution in [0.3, 0.4) is 0 Å². The van der Waals surface area contributed by atoms with E-state index in [0.29, 0.717) is 5.75 Å². The molecular formula is C31H36O2. The first-order valence-electron chi connectivity index (χ1n) is 11.5. The van der Waals surface area contributed by atoms with E-state index in [1.54, 1.807) is 13.2 Å². The summed E-state index contributed by atoms with van der Waals surface area (Å²) in [7, 11) is 1.71. The summed E-state index contributed by atoms with van der Waals surface area (Å²) < 4.78 is 5.55. The summed E-state index contributed by atoms with van der Waals surface area (Å²) in [6.07, 6.45) is 8.22. The van der Waals surface area contributed by atoms with Crippen LogP contribution >= 0.6 is 0 Å². The molecule has 0 saturated heterocycles. The minimum absolute atomic E-state index is 0.0410. The largest absolute Gasteiger partial charge is 0.507 e. The molecule has 0 spiro atoms. The smallest absolute Gasteiger partial charge is 0.126 e. The summed E-state index contributed by atoms with van der Waals surface area (Å²) in [5, 5.41) is 10.2. The first-order chi connectivity index (χ1) is 15.5. The molecule has 0 saturated carbocycles. The van der Waals surface area contributed by atoms with Gasteiger partial charge in [0.05, 0.1) is 7.11 Å². The fourth-order valence-corrected chi connectivity index (χ4v) is 3.58. The molecule has 0 fully saturated rings. The standard InChI is InChI=1S/C31H36O2/c1-30(2,3)26-16-18-28(32)24(20-26)14-12-22-8-10-23(11-9-22)13-15-25-21-27(31(4,5)6)17-19-29(25)33-7/h8-21,32H,1-7H3/b14-12+,15-13+. The van der Waals surface area contributed by atoms with Gasteiger partial charge in [-0.15, -0.1) is 0 Å². The maximum absolute atomic E-state index is 10.2. The molecule has 0 aliphatic heterocycles. The third-order valence-corrected chi connectivity index (χ3v) is 5.84. The van der Waals surface area contributed by atoms with Crippen LogP contribution in [0.4, 0.5) is 0 Å². The highest BCUT2D eigenvalue weighted by atomic mass is 16.5. The molecule has 33 heavy (non-hydrogen) atoms. The molecule has 0 aromatic heterocycles. The Kier molecular flexibility index (Phi) is 7.17. The van der Waals surface area contributed by atoms with Gasteiger partial charge in [-0.3, -0.25) is 0 Å². The molecule has 0 radical (unpaired) electrons. The molecule has 2 heteroatoms. The lowest BCUT2D eigenvalue weighted by molar-refractivity contribution is 0.413. The van der Waals surface area contributed by atoms with Crippen molar-refractivity contribution >= 4 is 24.3 Å². The van der Waals surface area contributed by atoms with Crippen molar-refractivity contribution in [3.05, 3.63) is 94.0 Å². The number of methoxy groups -OCH3 is 1. The third kappa shape index (κ3) is 6.38. The molecule has 3 rings (SSSR count). The Labute approximate surface area is 199 Å². The van der Waals surface area contributed by atoms with Gasteiger partial charge in [0.2, 0.25) is 0 Å². The highest BCUT2D eigenvalue weighted by Gasteiger charge is 2.15. The van der Waals surface area contributed by atoms with Crippen LogP contribution in [0.5, 0.6) is 11.5 Å². The summed E-state index contributed by atoms with van der Waals surface area (Å²) >= 11 is 0. The zero-order chi connectivity index (χ0) is 24.2. The number of hydrogen-bond donors (Lipinski definition) is 1. The van der Waals surface area contributed by atoms with E-state index >= 15 is 0 Å². The number of ether oxygens (including phenoxy) is 1. The van der Waals surface area contributed by atoms with Crippen molar-refractivity contribution in [2.45, 2.75) is 52.4 Å². The fraction of sp³-hybridized carbons (Fsp3) is 0.290. The maximum Gasteiger partial charge on any atom is 0.126 e. The van der Waals surface area contributed by atoms with Crippen molar-refractivity contribution in [1.29, 1.82) is 0 Å². The van der Waals surface area contributed by atoms with E-state index in [2.05, 4.69) is 96.2 Å². The van der Waals surface area contributed by atoms with Crippen LogP contribution < -0.4 is 4.74 Å². The van der Waals surface area contributed by atoms with Gasteiger partial charge in [0.1, 0.15) is 11.5 Å². The molecule has 0 atom stereocenters. The average Bonchev–Trinajstić information content (AvgIpc) is 2.76. The second-order valence-electron chi connectivity index (χ2n) is 10.6. The Balaban J connectivity index is 1.79. The van der Waals surface area contributed by atoms with E-state index in [9.17, 15) is 5.11 Å².